The van der Waals surface area contributed by atoms with Gasteiger partial charge in [0, 0.05) is 52.5 Å². The number of nitrogens with one attached hydrogen (secondary N) is 1. The van der Waals surface area contributed by atoms with Crippen LogP contribution in [0.2, 0.25) is 0 Å². The Morgan fingerprint density at radius 1 is 1.19 bits per heavy atom. The lowest BCUT2D eigenvalue weighted by Crippen LogP contribution is -2.45. The molecule has 1 N–H and O–H groups in total. The molecule has 2 aliphatic rings. The minimum Gasteiger partial charge on any atom is -0.381 e. The maximum atomic E-state index is 12.0. The quantitative estimate of drug-likeness (QED) is 0.730. The summed E-state index contributed by atoms with van der Waals surface area (Å²) >= 11 is 0. The van der Waals surface area contributed by atoms with Gasteiger partial charge >= 0.3 is 0 Å². The number of amides is 1. The van der Waals surface area contributed by atoms with Gasteiger partial charge in [-0.2, -0.15) is 0 Å². The number of nitrogens with zero attached hydrogens (tertiary/aromatic N) is 2. The van der Waals surface area contributed by atoms with Crippen LogP contribution in [0.1, 0.15) is 12.8 Å². The Balaban J connectivity index is 2.12. The number of sulfonamides is 1. The number of carbonyl (C=O) groups is 1. The Labute approximate surface area is 126 Å². The summed E-state index contributed by atoms with van der Waals surface area (Å²) in [5.74, 6) is -0.419. The summed E-state index contributed by atoms with van der Waals surface area (Å²) in [6.07, 6.45) is 3.09. The monoisotopic (exact) mass is 319 g/mol. The molecule has 2 heterocycles. The number of hydrogen-bond acceptors (Lipinski definition) is 5. The Kier molecular flexibility index (Phi) is 5.59. The van der Waals surface area contributed by atoms with E-state index in [0.717, 1.165) is 26.1 Å². The van der Waals surface area contributed by atoms with Crippen LogP contribution in [0.4, 0.5) is 0 Å². The van der Waals surface area contributed by atoms with Gasteiger partial charge in [0.25, 0.3) is 0 Å². The van der Waals surface area contributed by atoms with Gasteiger partial charge in [0.2, 0.25) is 15.9 Å². The molecule has 7 nitrogen and oxygen atoms in total. The highest BCUT2D eigenvalue weighted by Gasteiger charge is 2.34. The predicted molar refractivity (Wildman–Crippen MR) is 79.4 cm³/mol. The molecule has 0 spiro atoms. The molecule has 122 valence electrons. The van der Waals surface area contributed by atoms with Gasteiger partial charge in [-0.25, -0.2) is 12.7 Å². The molecule has 0 radical (unpaired) electrons. The molecule has 0 aliphatic carbocycles. The molecule has 21 heavy (non-hydrogen) atoms. The molecule has 0 aromatic heterocycles. The lowest BCUT2D eigenvalue weighted by molar-refractivity contribution is -0.125. The van der Waals surface area contributed by atoms with Crippen molar-refractivity contribution >= 4 is 15.9 Å². The van der Waals surface area contributed by atoms with Crippen molar-refractivity contribution in [2.45, 2.75) is 18.9 Å². The van der Waals surface area contributed by atoms with E-state index in [2.05, 4.69) is 10.2 Å². The second-order valence-corrected chi connectivity index (χ2v) is 7.75. The first-order chi connectivity index (χ1) is 9.91. The first kappa shape index (κ1) is 16.7. The number of ether oxygens (including phenoxy) is 1. The topological polar surface area (TPSA) is 79.0 Å². The van der Waals surface area contributed by atoms with E-state index in [0.29, 0.717) is 25.7 Å². The molecule has 0 saturated carbocycles. The van der Waals surface area contributed by atoms with Crippen LogP contribution in [0.5, 0.6) is 0 Å². The molecule has 2 fully saturated rings. The van der Waals surface area contributed by atoms with Crippen molar-refractivity contribution in [2.24, 2.45) is 5.92 Å². The Morgan fingerprint density at radius 3 is 2.43 bits per heavy atom. The van der Waals surface area contributed by atoms with Crippen molar-refractivity contribution in [3.63, 3.8) is 0 Å². The van der Waals surface area contributed by atoms with E-state index < -0.39 is 10.0 Å². The minimum absolute atomic E-state index is 0.0948. The van der Waals surface area contributed by atoms with Crippen LogP contribution in [0, 0.1) is 5.92 Å². The van der Waals surface area contributed by atoms with Gasteiger partial charge in [0.05, 0.1) is 12.2 Å². The van der Waals surface area contributed by atoms with Crippen molar-refractivity contribution in [1.82, 2.24) is 14.5 Å². The molecule has 1 unspecified atom stereocenters. The normalized spacial score (nSPS) is 27.2. The Hall–Kier alpha value is -0.700. The summed E-state index contributed by atoms with van der Waals surface area (Å²) in [5, 5.41) is 2.65. The Morgan fingerprint density at radius 2 is 1.86 bits per heavy atom. The van der Waals surface area contributed by atoms with E-state index in [1.807, 2.05) is 0 Å². The molecule has 2 rings (SSSR count). The standard InChI is InChI=1S/C13H25N3O4S/c1-14-13(17)11-9-15(12-3-7-20-8-4-12)5-6-16(10-11)21(2,18)19/h11-12H,3-10H2,1-2H3,(H,14,17). The third-order valence-electron chi connectivity index (χ3n) is 4.31. The first-order valence-corrected chi connectivity index (χ1v) is 9.25. The van der Waals surface area contributed by atoms with Gasteiger partial charge in [0.15, 0.2) is 0 Å². The van der Waals surface area contributed by atoms with Gasteiger partial charge in [-0.15, -0.1) is 0 Å². The molecule has 1 atom stereocenters. The van der Waals surface area contributed by atoms with Crippen molar-refractivity contribution in [3.05, 3.63) is 0 Å². The van der Waals surface area contributed by atoms with Gasteiger partial charge in [-0.1, -0.05) is 0 Å². The van der Waals surface area contributed by atoms with Crippen LogP contribution >= 0.6 is 0 Å². The molecule has 0 aromatic carbocycles. The number of carbonyl (C=O) groups excluding carboxylic acids is 1. The van der Waals surface area contributed by atoms with Crippen molar-refractivity contribution in [1.29, 1.82) is 0 Å². The SMILES string of the molecule is CNC(=O)C1CN(C2CCOCC2)CCN(S(C)(=O)=O)C1. The molecule has 8 heteroatoms. The van der Waals surface area contributed by atoms with E-state index in [1.165, 1.54) is 10.6 Å². The zero-order valence-corrected chi connectivity index (χ0v) is 13.6. The van der Waals surface area contributed by atoms with Crippen LogP contribution in [-0.4, -0.2) is 82.3 Å². The molecule has 0 bridgehead atoms. The van der Waals surface area contributed by atoms with Crippen LogP contribution in [0.3, 0.4) is 0 Å². The van der Waals surface area contributed by atoms with Crippen LogP contribution in [0.25, 0.3) is 0 Å². The highest BCUT2D eigenvalue weighted by Crippen LogP contribution is 2.20. The van der Waals surface area contributed by atoms with E-state index in [1.54, 1.807) is 7.05 Å². The number of hydrogen-bond donors (Lipinski definition) is 1. The fourth-order valence-corrected chi connectivity index (χ4v) is 3.93. The van der Waals surface area contributed by atoms with Crippen LogP contribution < -0.4 is 5.32 Å². The Bertz CT molecular complexity index is 462. The molecular formula is C13H25N3O4S. The van der Waals surface area contributed by atoms with E-state index >= 15 is 0 Å². The minimum atomic E-state index is -3.28. The van der Waals surface area contributed by atoms with Gasteiger partial charge in [-0.05, 0) is 12.8 Å². The van der Waals surface area contributed by atoms with E-state index in [-0.39, 0.29) is 18.4 Å². The maximum Gasteiger partial charge on any atom is 0.225 e. The predicted octanol–water partition coefficient (Wildman–Crippen LogP) is -0.895. The second-order valence-electron chi connectivity index (χ2n) is 5.77. The molecule has 2 aliphatic heterocycles. The lowest BCUT2D eigenvalue weighted by atomic mass is 10.0. The van der Waals surface area contributed by atoms with E-state index in [4.69, 9.17) is 4.74 Å². The molecule has 2 saturated heterocycles. The van der Waals surface area contributed by atoms with Crippen LogP contribution in [-0.2, 0) is 19.6 Å². The van der Waals surface area contributed by atoms with Gasteiger partial charge < -0.3 is 10.1 Å². The highest BCUT2D eigenvalue weighted by molar-refractivity contribution is 7.88. The lowest BCUT2D eigenvalue weighted by Gasteiger charge is -2.34. The van der Waals surface area contributed by atoms with Crippen LogP contribution in [0.15, 0.2) is 0 Å². The highest BCUT2D eigenvalue weighted by atomic mass is 32.2. The maximum absolute atomic E-state index is 12.0. The largest absolute Gasteiger partial charge is 0.381 e. The fraction of sp³-hybridized carbons (Fsp3) is 0.923. The summed E-state index contributed by atoms with van der Waals surface area (Å²) in [7, 11) is -1.68. The van der Waals surface area contributed by atoms with Gasteiger partial charge in [-0.3, -0.25) is 9.69 Å². The summed E-state index contributed by atoms with van der Waals surface area (Å²) in [4.78, 5) is 14.3. The average molecular weight is 319 g/mol. The van der Waals surface area contributed by atoms with E-state index in [9.17, 15) is 13.2 Å². The summed E-state index contributed by atoms with van der Waals surface area (Å²) < 4.78 is 30.5. The number of rotatable bonds is 3. The zero-order chi connectivity index (χ0) is 15.5. The fourth-order valence-electron chi connectivity index (χ4n) is 3.06. The first-order valence-electron chi connectivity index (χ1n) is 7.40. The molecule has 0 aromatic rings. The molecule has 1 amide bonds. The average Bonchev–Trinajstić information content (AvgIpc) is 2.70. The molecular weight excluding hydrogens is 294 g/mol. The van der Waals surface area contributed by atoms with Crippen molar-refractivity contribution in [2.75, 3.05) is 52.7 Å². The van der Waals surface area contributed by atoms with Crippen molar-refractivity contribution < 1.29 is 17.9 Å². The summed E-state index contributed by atoms with van der Waals surface area (Å²) in [6, 6.07) is 0.380. The smallest absolute Gasteiger partial charge is 0.225 e. The third-order valence-corrected chi connectivity index (χ3v) is 5.58. The zero-order valence-electron chi connectivity index (χ0n) is 12.7. The summed E-state index contributed by atoms with van der Waals surface area (Å²) in [5.41, 5.74) is 0. The van der Waals surface area contributed by atoms with Gasteiger partial charge in [0.1, 0.15) is 0 Å². The second kappa shape index (κ2) is 7.04. The summed E-state index contributed by atoms with van der Waals surface area (Å²) in [6.45, 7) is 3.46. The van der Waals surface area contributed by atoms with Crippen molar-refractivity contribution in [3.8, 4) is 0 Å². The third kappa shape index (κ3) is 4.38.